The molecule has 0 radical (unpaired) electrons. The molecule has 1 aliphatic carbocycles. The average molecular weight is 495 g/mol. The second-order valence-corrected chi connectivity index (χ2v) is 9.36. The highest BCUT2D eigenvalue weighted by atomic mass is 16.5. The topological polar surface area (TPSA) is 71.1 Å². The zero-order valence-corrected chi connectivity index (χ0v) is 20.8. The molecule has 4 atom stereocenters. The summed E-state index contributed by atoms with van der Waals surface area (Å²) in [6.45, 7) is 0. The monoisotopic (exact) mass is 494 g/mol. The van der Waals surface area contributed by atoms with Gasteiger partial charge in [0.25, 0.3) is 0 Å². The number of hydrogen-bond acceptors (Lipinski definition) is 6. The third-order valence-corrected chi connectivity index (χ3v) is 7.64. The fourth-order valence-electron chi connectivity index (χ4n) is 6.04. The van der Waals surface area contributed by atoms with E-state index < -0.39 is 29.8 Å². The van der Waals surface area contributed by atoms with Gasteiger partial charge in [-0.05, 0) is 34.5 Å². The fraction of sp³-hybridized carbons (Fsp3) is 0.226. The number of carbonyl (C=O) groups excluding carboxylic acids is 2. The van der Waals surface area contributed by atoms with Gasteiger partial charge in [-0.25, -0.2) is 0 Å². The second kappa shape index (κ2) is 8.96. The molecule has 0 amide bonds. The van der Waals surface area contributed by atoms with Crippen LogP contribution < -0.4 is 14.2 Å². The van der Waals surface area contributed by atoms with Gasteiger partial charge in [-0.1, -0.05) is 60.7 Å². The maximum Gasteiger partial charge on any atom is 0.313 e. The molecule has 0 fully saturated rings. The van der Waals surface area contributed by atoms with Crippen molar-refractivity contribution in [3.05, 3.63) is 101 Å². The first-order chi connectivity index (χ1) is 18.1. The Morgan fingerprint density at radius 1 is 0.784 bits per heavy atom. The Balaban J connectivity index is 1.70. The highest BCUT2D eigenvalue weighted by Gasteiger charge is 2.55. The normalized spacial score (nSPS) is 21.3. The summed E-state index contributed by atoms with van der Waals surface area (Å²) in [4.78, 5) is 27.8. The summed E-state index contributed by atoms with van der Waals surface area (Å²) < 4.78 is 23.1. The molecule has 0 saturated heterocycles. The molecule has 1 heterocycles. The van der Waals surface area contributed by atoms with Gasteiger partial charge in [0.1, 0.15) is 17.8 Å². The molecule has 37 heavy (non-hydrogen) atoms. The van der Waals surface area contributed by atoms with E-state index in [-0.39, 0.29) is 5.78 Å². The Morgan fingerprint density at radius 3 is 2.16 bits per heavy atom. The molecular formula is C31H26O6. The van der Waals surface area contributed by atoms with Gasteiger partial charge in [0.05, 0.1) is 27.2 Å². The first-order valence-electron chi connectivity index (χ1n) is 12.2. The number of hydrogen-bond donors (Lipinski definition) is 0. The number of carbonyl (C=O) groups is 2. The van der Waals surface area contributed by atoms with Crippen molar-refractivity contribution in [2.75, 3.05) is 21.3 Å². The van der Waals surface area contributed by atoms with E-state index in [1.165, 1.54) is 7.11 Å². The zero-order chi connectivity index (χ0) is 25.7. The van der Waals surface area contributed by atoms with Crippen LogP contribution in [0.3, 0.4) is 0 Å². The van der Waals surface area contributed by atoms with Crippen LogP contribution in [0.1, 0.15) is 45.0 Å². The van der Waals surface area contributed by atoms with Crippen molar-refractivity contribution in [1.82, 2.24) is 0 Å². The number of benzene rings is 4. The van der Waals surface area contributed by atoms with E-state index in [2.05, 4.69) is 0 Å². The Morgan fingerprint density at radius 2 is 1.46 bits per heavy atom. The predicted molar refractivity (Wildman–Crippen MR) is 139 cm³/mol. The summed E-state index contributed by atoms with van der Waals surface area (Å²) in [5.41, 5.74) is 2.90. The summed E-state index contributed by atoms with van der Waals surface area (Å²) >= 11 is 0. The number of Topliss-reactive ketones (excluding diaryl/α,β-unsaturated/α-hetero) is 1. The van der Waals surface area contributed by atoms with Crippen LogP contribution in [0.2, 0.25) is 0 Å². The molecule has 6 rings (SSSR count). The average Bonchev–Trinajstić information content (AvgIpc) is 2.95. The molecular weight excluding hydrogens is 468 g/mol. The predicted octanol–water partition coefficient (Wildman–Crippen LogP) is 5.84. The lowest BCUT2D eigenvalue weighted by Crippen LogP contribution is -2.44. The van der Waals surface area contributed by atoms with Crippen LogP contribution in [0.5, 0.6) is 17.2 Å². The largest absolute Gasteiger partial charge is 0.493 e. The Labute approximate surface area is 214 Å². The number of fused-ring (bicyclic) bond motifs is 8. The summed E-state index contributed by atoms with van der Waals surface area (Å²) in [7, 11) is 4.50. The van der Waals surface area contributed by atoms with Crippen LogP contribution in [0, 0.1) is 5.92 Å². The minimum Gasteiger partial charge on any atom is -0.493 e. The van der Waals surface area contributed by atoms with E-state index >= 15 is 0 Å². The Kier molecular flexibility index (Phi) is 5.60. The van der Waals surface area contributed by atoms with E-state index in [1.807, 2.05) is 78.9 Å². The quantitative estimate of drug-likeness (QED) is 0.256. The van der Waals surface area contributed by atoms with Gasteiger partial charge in [0.2, 0.25) is 0 Å². The maximum atomic E-state index is 14.4. The number of ether oxygens (including phenoxy) is 4. The Bertz CT molecular complexity index is 1530. The molecule has 0 N–H and O–H groups in total. The van der Waals surface area contributed by atoms with Crippen LogP contribution in [0.25, 0.3) is 10.8 Å². The molecule has 0 unspecified atom stereocenters. The third kappa shape index (κ3) is 3.47. The molecule has 0 spiro atoms. The highest BCUT2D eigenvalue weighted by Crippen LogP contribution is 2.60. The zero-order valence-electron chi connectivity index (χ0n) is 20.8. The Hall–Kier alpha value is -4.32. The molecule has 4 aromatic rings. The van der Waals surface area contributed by atoms with Crippen LogP contribution >= 0.6 is 0 Å². The molecule has 2 aliphatic rings. The van der Waals surface area contributed by atoms with E-state index in [9.17, 15) is 9.59 Å². The summed E-state index contributed by atoms with van der Waals surface area (Å²) in [6.07, 6.45) is -0.652. The van der Waals surface area contributed by atoms with Gasteiger partial charge in [-0.15, -0.1) is 0 Å². The van der Waals surface area contributed by atoms with Crippen molar-refractivity contribution in [3.8, 4) is 17.2 Å². The highest BCUT2D eigenvalue weighted by molar-refractivity contribution is 6.04. The molecule has 186 valence electrons. The molecule has 0 aromatic heterocycles. The van der Waals surface area contributed by atoms with Crippen molar-refractivity contribution < 1.29 is 28.5 Å². The van der Waals surface area contributed by atoms with Crippen LogP contribution in [0.4, 0.5) is 0 Å². The van der Waals surface area contributed by atoms with E-state index in [0.717, 1.165) is 27.5 Å². The second-order valence-electron chi connectivity index (χ2n) is 9.36. The summed E-state index contributed by atoms with van der Waals surface area (Å²) in [5.74, 6) is -0.725. The molecule has 4 aromatic carbocycles. The van der Waals surface area contributed by atoms with Crippen LogP contribution in [-0.4, -0.2) is 33.1 Å². The molecule has 0 saturated carbocycles. The van der Waals surface area contributed by atoms with Crippen molar-refractivity contribution in [3.63, 3.8) is 0 Å². The lowest BCUT2D eigenvalue weighted by Gasteiger charge is -2.47. The van der Waals surface area contributed by atoms with Gasteiger partial charge < -0.3 is 18.9 Å². The van der Waals surface area contributed by atoms with Gasteiger partial charge in [0.15, 0.2) is 17.3 Å². The lowest BCUT2D eigenvalue weighted by atomic mass is 9.61. The standard InChI is InChI=1S/C31H26O6/c1-34-23-15-20-21(16-24(23)35-2)30-28(31(33)36-3)27(26(20)29(32)18-10-5-4-6-11-18)25-19-12-8-7-9-17(19)13-14-22(25)37-30/h4-16,26-28,30H,1-3H3/t26-,27+,28-,30-/m1/s1. The molecule has 6 heteroatoms. The maximum absolute atomic E-state index is 14.4. The molecule has 6 nitrogen and oxygen atoms in total. The number of rotatable bonds is 5. The van der Waals surface area contributed by atoms with E-state index in [4.69, 9.17) is 18.9 Å². The molecule has 2 bridgehead atoms. The minimum absolute atomic E-state index is 0.0767. The van der Waals surface area contributed by atoms with E-state index in [1.54, 1.807) is 14.2 Å². The first-order valence-corrected chi connectivity index (χ1v) is 12.2. The van der Waals surface area contributed by atoms with Crippen molar-refractivity contribution in [2.45, 2.75) is 17.9 Å². The molecule has 1 aliphatic heterocycles. The van der Waals surface area contributed by atoms with Gasteiger partial charge in [-0.2, -0.15) is 0 Å². The van der Waals surface area contributed by atoms with Crippen LogP contribution in [-0.2, 0) is 9.53 Å². The summed E-state index contributed by atoms with van der Waals surface area (Å²) in [6, 6.07) is 24.8. The number of ketones is 1. The van der Waals surface area contributed by atoms with Crippen molar-refractivity contribution >= 4 is 22.5 Å². The summed E-state index contributed by atoms with van der Waals surface area (Å²) in [5, 5.41) is 1.96. The number of methoxy groups -OCH3 is 3. The fourth-order valence-corrected chi connectivity index (χ4v) is 6.04. The van der Waals surface area contributed by atoms with Gasteiger partial charge in [-0.3, -0.25) is 9.59 Å². The smallest absolute Gasteiger partial charge is 0.313 e. The SMILES string of the molecule is COC(=O)[C@@H]1[C@H]2c3c(ccc4ccccc34)O[C@@H]1c1cc(OC)c(OC)cc1[C@H]2C(=O)c1ccccc1. The van der Waals surface area contributed by atoms with Crippen molar-refractivity contribution in [1.29, 1.82) is 0 Å². The minimum atomic E-state index is -0.730. The van der Waals surface area contributed by atoms with Crippen LogP contribution in [0.15, 0.2) is 78.9 Å². The van der Waals surface area contributed by atoms with Gasteiger partial charge in [0, 0.05) is 22.6 Å². The van der Waals surface area contributed by atoms with Crippen molar-refractivity contribution in [2.24, 2.45) is 5.92 Å². The van der Waals surface area contributed by atoms with Gasteiger partial charge >= 0.3 is 5.97 Å². The first kappa shape index (κ1) is 23.1. The third-order valence-electron chi connectivity index (χ3n) is 7.64. The lowest BCUT2D eigenvalue weighted by molar-refractivity contribution is -0.151. The number of esters is 1. The van der Waals surface area contributed by atoms with E-state index in [0.29, 0.717) is 22.8 Å².